The van der Waals surface area contributed by atoms with Gasteiger partial charge in [-0.05, 0) is 39.3 Å². The minimum Gasteiger partial charge on any atom is -0.345 e. The number of piperidine rings is 1. The van der Waals surface area contributed by atoms with Gasteiger partial charge in [-0.25, -0.2) is 0 Å². The summed E-state index contributed by atoms with van der Waals surface area (Å²) < 4.78 is 0. The average molecular weight is 227 g/mol. The molecule has 16 heavy (non-hydrogen) atoms. The molecule has 1 unspecified atom stereocenters. The molecule has 1 atom stereocenters. The third kappa shape index (κ3) is 3.76. The largest absolute Gasteiger partial charge is 0.345 e. The average Bonchev–Trinajstić information content (AvgIpc) is 2.31. The maximum Gasteiger partial charge on any atom is 0.236 e. The highest BCUT2D eigenvalue weighted by molar-refractivity contribution is 5.77. The SMILES string of the molecule is CCN(C)C(=O)CN1CCCCC1CCN. The molecule has 0 aromatic carbocycles. The summed E-state index contributed by atoms with van der Waals surface area (Å²) in [7, 11) is 1.87. The van der Waals surface area contributed by atoms with E-state index >= 15 is 0 Å². The van der Waals surface area contributed by atoms with Crippen molar-refractivity contribution >= 4 is 5.91 Å². The lowest BCUT2D eigenvalue weighted by Gasteiger charge is -2.35. The molecule has 4 heteroatoms. The molecule has 2 N–H and O–H groups in total. The predicted octanol–water partition coefficient (Wildman–Crippen LogP) is 0.668. The van der Waals surface area contributed by atoms with E-state index in [0.717, 1.165) is 26.1 Å². The van der Waals surface area contributed by atoms with Crippen LogP contribution in [0.3, 0.4) is 0 Å². The molecule has 1 saturated heterocycles. The monoisotopic (exact) mass is 227 g/mol. The van der Waals surface area contributed by atoms with E-state index in [-0.39, 0.29) is 5.91 Å². The van der Waals surface area contributed by atoms with Crippen molar-refractivity contribution in [3.8, 4) is 0 Å². The molecule has 0 spiro atoms. The van der Waals surface area contributed by atoms with Crippen molar-refractivity contribution in [1.29, 1.82) is 0 Å². The maximum atomic E-state index is 11.8. The van der Waals surface area contributed by atoms with Gasteiger partial charge in [0.2, 0.25) is 5.91 Å². The predicted molar refractivity (Wildman–Crippen MR) is 66.2 cm³/mol. The van der Waals surface area contributed by atoms with Crippen LogP contribution in [0.4, 0.5) is 0 Å². The Labute approximate surface area is 98.8 Å². The molecule has 0 aromatic heterocycles. The number of nitrogens with zero attached hydrogens (tertiary/aromatic N) is 2. The Hall–Kier alpha value is -0.610. The second kappa shape index (κ2) is 6.86. The van der Waals surface area contributed by atoms with E-state index in [1.807, 2.05) is 14.0 Å². The summed E-state index contributed by atoms with van der Waals surface area (Å²) in [6.07, 6.45) is 4.70. The molecule has 1 aliphatic rings. The first-order chi connectivity index (χ1) is 7.69. The van der Waals surface area contributed by atoms with Crippen molar-refractivity contribution in [2.75, 3.05) is 33.2 Å². The zero-order valence-corrected chi connectivity index (χ0v) is 10.6. The molecule has 4 nitrogen and oxygen atoms in total. The van der Waals surface area contributed by atoms with E-state index in [1.54, 1.807) is 4.90 Å². The number of likely N-dealkylation sites (tertiary alicyclic amines) is 1. The zero-order valence-electron chi connectivity index (χ0n) is 10.6. The van der Waals surface area contributed by atoms with Gasteiger partial charge in [0, 0.05) is 19.6 Å². The topological polar surface area (TPSA) is 49.6 Å². The molecule has 0 aliphatic carbocycles. The lowest BCUT2D eigenvalue weighted by molar-refractivity contribution is -0.131. The Morgan fingerprint density at radius 2 is 2.25 bits per heavy atom. The number of rotatable bonds is 5. The van der Waals surface area contributed by atoms with E-state index < -0.39 is 0 Å². The molecule has 1 aliphatic heterocycles. The Morgan fingerprint density at radius 1 is 1.50 bits per heavy atom. The lowest BCUT2D eigenvalue weighted by Crippen LogP contribution is -2.46. The van der Waals surface area contributed by atoms with Gasteiger partial charge in [0.25, 0.3) is 0 Å². The number of amides is 1. The Kier molecular flexibility index (Phi) is 5.77. The molecule has 1 rings (SSSR count). The highest BCUT2D eigenvalue weighted by Gasteiger charge is 2.24. The van der Waals surface area contributed by atoms with Crippen LogP contribution < -0.4 is 5.73 Å². The van der Waals surface area contributed by atoms with Crippen LogP contribution in [0, 0.1) is 0 Å². The fourth-order valence-corrected chi connectivity index (χ4v) is 2.26. The van der Waals surface area contributed by atoms with Crippen LogP contribution >= 0.6 is 0 Å². The molecule has 0 radical (unpaired) electrons. The number of carbonyl (C=O) groups is 1. The Bertz CT molecular complexity index is 218. The van der Waals surface area contributed by atoms with E-state index in [0.29, 0.717) is 12.6 Å². The van der Waals surface area contributed by atoms with Gasteiger partial charge in [0.1, 0.15) is 0 Å². The van der Waals surface area contributed by atoms with Crippen LogP contribution in [0.15, 0.2) is 0 Å². The quantitative estimate of drug-likeness (QED) is 0.751. The second-order valence-electron chi connectivity index (χ2n) is 4.61. The van der Waals surface area contributed by atoms with Gasteiger partial charge in [-0.1, -0.05) is 6.42 Å². The van der Waals surface area contributed by atoms with Crippen LogP contribution in [-0.2, 0) is 4.79 Å². The van der Waals surface area contributed by atoms with Crippen molar-refractivity contribution in [3.05, 3.63) is 0 Å². The van der Waals surface area contributed by atoms with E-state index in [1.165, 1.54) is 19.3 Å². The first kappa shape index (κ1) is 13.5. The van der Waals surface area contributed by atoms with Crippen LogP contribution in [0.25, 0.3) is 0 Å². The number of nitrogens with two attached hydrogens (primary N) is 1. The second-order valence-corrected chi connectivity index (χ2v) is 4.61. The van der Waals surface area contributed by atoms with Crippen LogP contribution in [-0.4, -0.2) is 55.0 Å². The molecule has 1 heterocycles. The minimum absolute atomic E-state index is 0.228. The summed E-state index contributed by atoms with van der Waals surface area (Å²) in [6, 6.07) is 0.521. The van der Waals surface area contributed by atoms with Crippen molar-refractivity contribution in [2.24, 2.45) is 5.73 Å². The maximum absolute atomic E-state index is 11.8. The lowest BCUT2D eigenvalue weighted by atomic mass is 9.99. The van der Waals surface area contributed by atoms with Crippen molar-refractivity contribution < 1.29 is 4.79 Å². The highest BCUT2D eigenvalue weighted by Crippen LogP contribution is 2.18. The van der Waals surface area contributed by atoms with E-state index in [4.69, 9.17) is 5.73 Å². The zero-order chi connectivity index (χ0) is 12.0. The number of likely N-dealkylation sites (N-methyl/N-ethyl adjacent to an activating group) is 1. The molecule has 0 aromatic rings. The Balaban J connectivity index is 2.45. The van der Waals surface area contributed by atoms with Gasteiger partial charge >= 0.3 is 0 Å². The molecule has 0 bridgehead atoms. The standard InChI is InChI=1S/C12H25N3O/c1-3-14(2)12(16)10-15-9-5-4-6-11(15)7-8-13/h11H,3-10,13H2,1-2H3. The van der Waals surface area contributed by atoms with Gasteiger partial charge in [-0.2, -0.15) is 0 Å². The number of carbonyl (C=O) groups excluding carboxylic acids is 1. The summed E-state index contributed by atoms with van der Waals surface area (Å²) in [6.45, 7) is 5.13. The smallest absolute Gasteiger partial charge is 0.236 e. The summed E-state index contributed by atoms with van der Waals surface area (Å²) in [5, 5.41) is 0. The molecule has 0 saturated carbocycles. The Morgan fingerprint density at radius 3 is 2.88 bits per heavy atom. The third-order valence-corrected chi connectivity index (χ3v) is 3.49. The summed E-state index contributed by atoms with van der Waals surface area (Å²) in [4.78, 5) is 15.9. The van der Waals surface area contributed by atoms with Gasteiger partial charge in [-0.3, -0.25) is 9.69 Å². The number of hydrogen-bond acceptors (Lipinski definition) is 3. The minimum atomic E-state index is 0.228. The van der Waals surface area contributed by atoms with Gasteiger partial charge in [-0.15, -0.1) is 0 Å². The summed E-state index contributed by atoms with van der Waals surface area (Å²) >= 11 is 0. The van der Waals surface area contributed by atoms with Crippen molar-refractivity contribution in [1.82, 2.24) is 9.80 Å². The van der Waals surface area contributed by atoms with Crippen molar-refractivity contribution in [2.45, 2.75) is 38.6 Å². The third-order valence-electron chi connectivity index (χ3n) is 3.49. The summed E-state index contributed by atoms with van der Waals surface area (Å²) in [5.41, 5.74) is 5.62. The van der Waals surface area contributed by atoms with E-state index in [9.17, 15) is 4.79 Å². The molecular weight excluding hydrogens is 202 g/mol. The molecule has 94 valence electrons. The molecule has 1 amide bonds. The van der Waals surface area contributed by atoms with Crippen molar-refractivity contribution in [3.63, 3.8) is 0 Å². The van der Waals surface area contributed by atoms with Gasteiger partial charge < -0.3 is 10.6 Å². The van der Waals surface area contributed by atoms with Crippen LogP contribution in [0.5, 0.6) is 0 Å². The summed E-state index contributed by atoms with van der Waals surface area (Å²) in [5.74, 6) is 0.228. The van der Waals surface area contributed by atoms with Crippen LogP contribution in [0.2, 0.25) is 0 Å². The normalized spacial score (nSPS) is 22.1. The van der Waals surface area contributed by atoms with E-state index in [2.05, 4.69) is 4.90 Å². The molecular formula is C12H25N3O. The first-order valence-corrected chi connectivity index (χ1v) is 6.37. The fourth-order valence-electron chi connectivity index (χ4n) is 2.26. The molecule has 1 fully saturated rings. The highest BCUT2D eigenvalue weighted by atomic mass is 16.2. The van der Waals surface area contributed by atoms with Gasteiger partial charge in [0.15, 0.2) is 0 Å². The number of hydrogen-bond donors (Lipinski definition) is 1. The first-order valence-electron chi connectivity index (χ1n) is 6.37. The van der Waals surface area contributed by atoms with Crippen LogP contribution in [0.1, 0.15) is 32.6 Å². The fraction of sp³-hybridized carbons (Fsp3) is 0.917. The van der Waals surface area contributed by atoms with Gasteiger partial charge in [0.05, 0.1) is 6.54 Å².